The predicted molar refractivity (Wildman–Crippen MR) is 68.9 cm³/mol. The molecule has 0 aliphatic carbocycles. The summed E-state index contributed by atoms with van der Waals surface area (Å²) in [5, 5.41) is 0. The number of hydrogen-bond donors (Lipinski definition) is 0. The topological polar surface area (TPSA) is 22.0 Å². The van der Waals surface area contributed by atoms with E-state index in [9.17, 15) is 4.79 Å². The second kappa shape index (κ2) is 5.33. The number of aryl methyl sites for hydroxylation is 1. The van der Waals surface area contributed by atoms with Gasteiger partial charge in [0.2, 0.25) is 0 Å². The average molecular weight is 221 g/mol. The number of hydrogen-bond acceptors (Lipinski definition) is 1. The lowest BCUT2D eigenvalue weighted by atomic mass is 9.95. The summed E-state index contributed by atoms with van der Waals surface area (Å²) in [6, 6.07) is 3.36. The molecular formula is C14H23NO. The van der Waals surface area contributed by atoms with Crippen molar-refractivity contribution in [1.29, 1.82) is 0 Å². The second-order valence-corrected chi connectivity index (χ2v) is 5.14. The lowest BCUT2D eigenvalue weighted by Gasteiger charge is -2.30. The minimum atomic E-state index is 0.0955. The maximum Gasteiger partial charge on any atom is 0.181 e. The molecule has 1 rings (SSSR count). The van der Waals surface area contributed by atoms with Crippen LogP contribution >= 0.6 is 0 Å². The van der Waals surface area contributed by atoms with Crippen molar-refractivity contribution >= 4 is 0 Å². The zero-order chi connectivity index (χ0) is 12.2. The Balaban J connectivity index is 2.84. The highest BCUT2D eigenvalue weighted by Gasteiger charge is 2.19. The van der Waals surface area contributed by atoms with Crippen molar-refractivity contribution in [3.05, 3.63) is 34.2 Å². The number of unbranched alkanes of at least 4 members (excludes halogenated alkanes) is 2. The number of pyridine rings is 1. The van der Waals surface area contributed by atoms with Gasteiger partial charge in [-0.25, -0.2) is 0 Å². The Morgan fingerprint density at radius 3 is 2.56 bits per heavy atom. The quantitative estimate of drug-likeness (QED) is 0.698. The minimum Gasteiger partial charge on any atom is -0.346 e. The molecule has 0 saturated heterocycles. The minimum absolute atomic E-state index is 0.0955. The van der Waals surface area contributed by atoms with Gasteiger partial charge >= 0.3 is 0 Å². The van der Waals surface area contributed by atoms with Gasteiger partial charge in [0.25, 0.3) is 0 Å². The summed E-state index contributed by atoms with van der Waals surface area (Å²) in [5.74, 6) is 0. The van der Waals surface area contributed by atoms with Crippen LogP contribution in [0, 0.1) is 6.92 Å². The highest BCUT2D eigenvalue weighted by atomic mass is 16.1. The number of nitrogens with zero attached hydrogens (tertiary/aromatic N) is 1. The third-order valence-corrected chi connectivity index (χ3v) is 3.16. The summed E-state index contributed by atoms with van der Waals surface area (Å²) in [4.78, 5) is 11.2. The highest BCUT2D eigenvalue weighted by Crippen LogP contribution is 2.23. The first-order valence-corrected chi connectivity index (χ1v) is 6.17. The van der Waals surface area contributed by atoms with Gasteiger partial charge in [-0.05, 0) is 27.2 Å². The van der Waals surface area contributed by atoms with Gasteiger partial charge in [0, 0.05) is 29.6 Å². The maximum absolute atomic E-state index is 11.2. The molecule has 0 fully saturated rings. The molecule has 0 bridgehead atoms. The van der Waals surface area contributed by atoms with Gasteiger partial charge in [0.1, 0.15) is 0 Å². The molecule has 0 aromatic carbocycles. The standard InChI is InChI=1S/C14H23NO/c1-5-6-7-9-14(3,4)15-10-8-13(16)11-12(15)2/h8,10-11H,5-7,9H2,1-4H3. The number of aromatic nitrogens is 1. The van der Waals surface area contributed by atoms with Crippen LogP contribution in [0.25, 0.3) is 0 Å². The van der Waals surface area contributed by atoms with Crippen LogP contribution in [0.1, 0.15) is 52.1 Å². The van der Waals surface area contributed by atoms with Crippen molar-refractivity contribution in [3.63, 3.8) is 0 Å². The Kier molecular flexibility index (Phi) is 4.34. The monoisotopic (exact) mass is 221 g/mol. The van der Waals surface area contributed by atoms with Crippen molar-refractivity contribution in [2.75, 3.05) is 0 Å². The third-order valence-electron chi connectivity index (χ3n) is 3.16. The van der Waals surface area contributed by atoms with E-state index in [1.165, 1.54) is 19.3 Å². The Morgan fingerprint density at radius 2 is 2.00 bits per heavy atom. The van der Waals surface area contributed by atoms with Crippen molar-refractivity contribution in [2.45, 2.75) is 58.9 Å². The van der Waals surface area contributed by atoms with Crippen LogP contribution in [-0.4, -0.2) is 4.57 Å². The van der Waals surface area contributed by atoms with Gasteiger partial charge in [-0.3, -0.25) is 4.79 Å². The predicted octanol–water partition coefficient (Wildman–Crippen LogP) is 3.47. The molecule has 16 heavy (non-hydrogen) atoms. The SMILES string of the molecule is CCCCCC(C)(C)n1ccc(=O)cc1C. The van der Waals surface area contributed by atoms with Crippen LogP contribution in [0.3, 0.4) is 0 Å². The fourth-order valence-corrected chi connectivity index (χ4v) is 2.20. The van der Waals surface area contributed by atoms with Crippen LogP contribution in [0.4, 0.5) is 0 Å². The lowest BCUT2D eigenvalue weighted by Crippen LogP contribution is -2.28. The van der Waals surface area contributed by atoms with Crippen LogP contribution in [-0.2, 0) is 5.54 Å². The first kappa shape index (κ1) is 13.0. The van der Waals surface area contributed by atoms with Crippen molar-refractivity contribution in [1.82, 2.24) is 4.57 Å². The van der Waals surface area contributed by atoms with Gasteiger partial charge in [0.05, 0.1) is 0 Å². The molecule has 0 atom stereocenters. The van der Waals surface area contributed by atoms with E-state index in [1.807, 2.05) is 13.1 Å². The van der Waals surface area contributed by atoms with E-state index in [4.69, 9.17) is 0 Å². The van der Waals surface area contributed by atoms with Gasteiger partial charge in [-0.15, -0.1) is 0 Å². The fourth-order valence-electron chi connectivity index (χ4n) is 2.20. The number of rotatable bonds is 5. The molecule has 0 saturated carbocycles. The molecule has 0 radical (unpaired) electrons. The molecule has 90 valence electrons. The fraction of sp³-hybridized carbons (Fsp3) is 0.643. The largest absolute Gasteiger partial charge is 0.346 e. The first-order chi connectivity index (χ1) is 7.47. The van der Waals surface area contributed by atoms with Crippen LogP contribution in [0.15, 0.2) is 23.1 Å². The summed E-state index contributed by atoms with van der Waals surface area (Å²) in [7, 11) is 0. The molecule has 0 aliphatic heterocycles. The van der Waals surface area contributed by atoms with Gasteiger partial charge in [-0.1, -0.05) is 26.2 Å². The van der Waals surface area contributed by atoms with E-state index < -0.39 is 0 Å². The summed E-state index contributed by atoms with van der Waals surface area (Å²) in [5.41, 5.74) is 1.25. The molecule has 0 amide bonds. The molecule has 0 N–H and O–H groups in total. The zero-order valence-electron chi connectivity index (χ0n) is 10.9. The van der Waals surface area contributed by atoms with Gasteiger partial charge in [0.15, 0.2) is 5.43 Å². The summed E-state index contributed by atoms with van der Waals surface area (Å²) in [6.07, 6.45) is 6.85. The molecule has 2 heteroatoms. The molecule has 1 aromatic heterocycles. The van der Waals surface area contributed by atoms with E-state index in [2.05, 4.69) is 25.3 Å². The van der Waals surface area contributed by atoms with Crippen LogP contribution in [0.2, 0.25) is 0 Å². The smallest absolute Gasteiger partial charge is 0.181 e. The Hall–Kier alpha value is -1.05. The van der Waals surface area contributed by atoms with Gasteiger partial charge in [-0.2, -0.15) is 0 Å². The van der Waals surface area contributed by atoms with Crippen LogP contribution < -0.4 is 5.43 Å². The van der Waals surface area contributed by atoms with E-state index in [0.717, 1.165) is 12.1 Å². The first-order valence-electron chi connectivity index (χ1n) is 6.17. The van der Waals surface area contributed by atoms with E-state index in [0.29, 0.717) is 0 Å². The Morgan fingerprint density at radius 1 is 1.31 bits per heavy atom. The molecule has 0 spiro atoms. The summed E-state index contributed by atoms with van der Waals surface area (Å²) in [6.45, 7) is 8.70. The zero-order valence-corrected chi connectivity index (χ0v) is 10.9. The van der Waals surface area contributed by atoms with E-state index in [-0.39, 0.29) is 11.0 Å². The average Bonchev–Trinajstić information content (AvgIpc) is 2.17. The lowest BCUT2D eigenvalue weighted by molar-refractivity contribution is 0.307. The van der Waals surface area contributed by atoms with Gasteiger partial charge < -0.3 is 4.57 Å². The molecule has 1 aromatic rings. The molecular weight excluding hydrogens is 198 g/mol. The van der Waals surface area contributed by atoms with Crippen molar-refractivity contribution in [3.8, 4) is 0 Å². The highest BCUT2D eigenvalue weighted by molar-refractivity contribution is 5.07. The summed E-state index contributed by atoms with van der Waals surface area (Å²) >= 11 is 0. The van der Waals surface area contributed by atoms with E-state index in [1.54, 1.807) is 12.1 Å². The maximum atomic E-state index is 11.2. The Bertz CT molecular complexity index is 390. The van der Waals surface area contributed by atoms with Crippen LogP contribution in [0.5, 0.6) is 0 Å². The molecule has 0 aliphatic rings. The van der Waals surface area contributed by atoms with Crippen molar-refractivity contribution in [2.24, 2.45) is 0 Å². The molecule has 2 nitrogen and oxygen atoms in total. The van der Waals surface area contributed by atoms with E-state index >= 15 is 0 Å². The molecule has 0 unspecified atom stereocenters. The summed E-state index contributed by atoms with van der Waals surface area (Å²) < 4.78 is 2.21. The Labute approximate surface area is 98.3 Å². The van der Waals surface area contributed by atoms with Crippen molar-refractivity contribution < 1.29 is 0 Å². The normalized spacial score (nSPS) is 11.8. The second-order valence-electron chi connectivity index (χ2n) is 5.14. The third kappa shape index (κ3) is 3.22. The molecule has 1 heterocycles.